The number of nitrogens with zero attached hydrogens (tertiary/aromatic N) is 1. The molecule has 3 nitrogen and oxygen atoms in total. The number of hydrogen-bond donors (Lipinski definition) is 0. The van der Waals surface area contributed by atoms with Crippen LogP contribution in [-0.4, -0.2) is 11.2 Å². The lowest BCUT2D eigenvalue weighted by Crippen LogP contribution is -2.19. The highest BCUT2D eigenvalue weighted by molar-refractivity contribution is 5.90. The van der Waals surface area contributed by atoms with E-state index in [9.17, 15) is 4.79 Å². The van der Waals surface area contributed by atoms with Gasteiger partial charge in [-0.25, -0.2) is 0 Å². The molecule has 0 bridgehead atoms. The van der Waals surface area contributed by atoms with Crippen LogP contribution in [0.15, 0.2) is 83.7 Å². The molecule has 1 aliphatic rings. The minimum absolute atomic E-state index is 0.0479. The first kappa shape index (κ1) is 17.7. The average molecular weight is 381 g/mol. The maximum atomic E-state index is 12.6. The quantitative estimate of drug-likeness (QED) is 0.500. The molecule has 1 aliphatic heterocycles. The fourth-order valence-corrected chi connectivity index (χ4v) is 4.28. The lowest BCUT2D eigenvalue weighted by molar-refractivity contribution is 0.313. The van der Waals surface area contributed by atoms with Gasteiger partial charge < -0.3 is 9.30 Å². The Labute approximate surface area is 170 Å². The maximum Gasteiger partial charge on any atom is 0.251 e. The summed E-state index contributed by atoms with van der Waals surface area (Å²) >= 11 is 0. The van der Waals surface area contributed by atoms with Crippen molar-refractivity contribution in [3.63, 3.8) is 0 Å². The van der Waals surface area contributed by atoms with Crippen LogP contribution < -0.4 is 10.3 Å². The molecule has 0 atom stereocenters. The van der Waals surface area contributed by atoms with Crippen LogP contribution in [0.4, 0.5) is 0 Å². The lowest BCUT2D eigenvalue weighted by Gasteiger charge is -2.18. The van der Waals surface area contributed by atoms with Crippen LogP contribution in [0.1, 0.15) is 28.7 Å². The average Bonchev–Trinajstić information content (AvgIpc) is 2.98. The molecule has 0 radical (unpaired) electrons. The summed E-state index contributed by atoms with van der Waals surface area (Å²) in [6.45, 7) is 1.33. The summed E-state index contributed by atoms with van der Waals surface area (Å²) in [6.07, 6.45) is 2.46. The number of benzene rings is 3. The van der Waals surface area contributed by atoms with Crippen molar-refractivity contribution < 1.29 is 4.74 Å². The van der Waals surface area contributed by atoms with Gasteiger partial charge in [-0.15, -0.1) is 0 Å². The molecule has 0 saturated heterocycles. The van der Waals surface area contributed by atoms with Crippen molar-refractivity contribution >= 4 is 10.9 Å². The van der Waals surface area contributed by atoms with Crippen LogP contribution in [0.3, 0.4) is 0 Å². The van der Waals surface area contributed by atoms with Crippen LogP contribution in [-0.2, 0) is 19.4 Å². The Morgan fingerprint density at radius 1 is 0.793 bits per heavy atom. The van der Waals surface area contributed by atoms with E-state index in [-0.39, 0.29) is 5.56 Å². The largest absolute Gasteiger partial charge is 0.491 e. The minimum atomic E-state index is 0.0479. The number of rotatable bonds is 4. The summed E-state index contributed by atoms with van der Waals surface area (Å²) in [5.41, 5.74) is 5.89. The predicted octanol–water partition coefficient (Wildman–Crippen LogP) is 4.97. The number of hydrogen-bond acceptors (Lipinski definition) is 2. The van der Waals surface area contributed by atoms with Crippen LogP contribution in [0.2, 0.25) is 0 Å². The Bertz CT molecular complexity index is 1210. The Kier molecular flexibility index (Phi) is 4.65. The minimum Gasteiger partial charge on any atom is -0.491 e. The monoisotopic (exact) mass is 381 g/mol. The Hall–Kier alpha value is -3.33. The third-order valence-corrected chi connectivity index (χ3v) is 5.63. The molecule has 3 aromatic carbocycles. The molecule has 29 heavy (non-hydrogen) atoms. The predicted molar refractivity (Wildman–Crippen MR) is 117 cm³/mol. The van der Waals surface area contributed by atoms with E-state index in [0.29, 0.717) is 13.2 Å². The molecule has 0 unspecified atom stereocenters. The van der Waals surface area contributed by atoms with Gasteiger partial charge in [0.2, 0.25) is 0 Å². The van der Waals surface area contributed by atoms with E-state index in [4.69, 9.17) is 4.74 Å². The molecule has 1 aromatic heterocycles. The summed E-state index contributed by atoms with van der Waals surface area (Å²) in [5.74, 6) is 0.871. The zero-order chi connectivity index (χ0) is 19.6. The smallest absolute Gasteiger partial charge is 0.251 e. The second kappa shape index (κ2) is 7.59. The fraction of sp³-hybridized carbons (Fsp3) is 0.192. The number of aryl methyl sites for hydroxylation is 1. The van der Waals surface area contributed by atoms with E-state index in [0.717, 1.165) is 41.5 Å². The van der Waals surface area contributed by atoms with Gasteiger partial charge in [0.15, 0.2) is 0 Å². The van der Waals surface area contributed by atoms with Crippen LogP contribution in [0.5, 0.6) is 5.75 Å². The summed E-state index contributed by atoms with van der Waals surface area (Å²) in [7, 11) is 0. The van der Waals surface area contributed by atoms with Crippen molar-refractivity contribution in [2.45, 2.75) is 25.8 Å². The van der Waals surface area contributed by atoms with E-state index in [2.05, 4.69) is 54.6 Å². The van der Waals surface area contributed by atoms with Crippen molar-refractivity contribution in [2.24, 2.45) is 0 Å². The van der Waals surface area contributed by atoms with Gasteiger partial charge >= 0.3 is 0 Å². The zero-order valence-electron chi connectivity index (χ0n) is 16.3. The molecule has 0 spiro atoms. The summed E-state index contributed by atoms with van der Waals surface area (Å²) < 4.78 is 8.13. The molecule has 0 aliphatic carbocycles. The first-order valence-electron chi connectivity index (χ1n) is 10.2. The molecule has 2 heterocycles. The van der Waals surface area contributed by atoms with Gasteiger partial charge in [0, 0.05) is 30.0 Å². The normalized spacial score (nSPS) is 13.1. The van der Waals surface area contributed by atoms with Gasteiger partial charge in [0.1, 0.15) is 5.75 Å². The Morgan fingerprint density at radius 3 is 2.14 bits per heavy atom. The molecule has 144 valence electrons. The van der Waals surface area contributed by atoms with Gasteiger partial charge in [-0.1, -0.05) is 66.7 Å². The lowest BCUT2D eigenvalue weighted by atomic mass is 9.94. The summed E-state index contributed by atoms with van der Waals surface area (Å²) in [6, 6.07) is 26.9. The van der Waals surface area contributed by atoms with Crippen LogP contribution >= 0.6 is 0 Å². The second-order valence-electron chi connectivity index (χ2n) is 7.64. The number of pyridine rings is 1. The highest BCUT2D eigenvalue weighted by Crippen LogP contribution is 2.36. The number of ether oxygens (including phenoxy) is 1. The fourth-order valence-electron chi connectivity index (χ4n) is 4.28. The Morgan fingerprint density at radius 2 is 1.45 bits per heavy atom. The van der Waals surface area contributed by atoms with Crippen molar-refractivity contribution in [1.29, 1.82) is 0 Å². The highest BCUT2D eigenvalue weighted by atomic mass is 16.5. The molecule has 0 N–H and O–H groups in total. The molecular formula is C26H23NO2. The zero-order valence-corrected chi connectivity index (χ0v) is 16.3. The molecular weight excluding hydrogens is 358 g/mol. The summed E-state index contributed by atoms with van der Waals surface area (Å²) in [4.78, 5) is 12.6. The molecule has 4 aromatic rings. The molecule has 0 amide bonds. The van der Waals surface area contributed by atoms with E-state index in [1.54, 1.807) is 6.07 Å². The van der Waals surface area contributed by atoms with E-state index >= 15 is 0 Å². The van der Waals surface area contributed by atoms with E-state index in [1.807, 2.05) is 22.8 Å². The topological polar surface area (TPSA) is 31.2 Å². The molecule has 5 rings (SSSR count). The van der Waals surface area contributed by atoms with E-state index in [1.165, 1.54) is 16.7 Å². The molecule has 0 saturated carbocycles. The van der Waals surface area contributed by atoms with Crippen molar-refractivity contribution in [3.8, 4) is 5.75 Å². The maximum absolute atomic E-state index is 12.6. The SMILES string of the molecule is O=c1ccc2c(Cc3ccccc3)cc(Cc3ccccc3)c3c2n1CCCO3. The third-order valence-electron chi connectivity index (χ3n) is 5.63. The van der Waals surface area contributed by atoms with Gasteiger partial charge in [-0.05, 0) is 35.6 Å². The summed E-state index contributed by atoms with van der Waals surface area (Å²) in [5, 5.41) is 1.11. The van der Waals surface area contributed by atoms with Crippen molar-refractivity contribution in [3.05, 3.63) is 111 Å². The van der Waals surface area contributed by atoms with Crippen molar-refractivity contribution in [2.75, 3.05) is 6.61 Å². The van der Waals surface area contributed by atoms with Crippen LogP contribution in [0, 0.1) is 0 Å². The van der Waals surface area contributed by atoms with Crippen molar-refractivity contribution in [1.82, 2.24) is 4.57 Å². The third kappa shape index (κ3) is 3.44. The molecule has 3 heteroatoms. The van der Waals surface area contributed by atoms with Gasteiger partial charge in [0.25, 0.3) is 5.56 Å². The molecule has 0 fully saturated rings. The van der Waals surface area contributed by atoms with Gasteiger partial charge in [-0.3, -0.25) is 4.79 Å². The van der Waals surface area contributed by atoms with Gasteiger partial charge in [-0.2, -0.15) is 0 Å². The number of aromatic nitrogens is 1. The van der Waals surface area contributed by atoms with E-state index < -0.39 is 0 Å². The first-order chi connectivity index (χ1) is 14.3. The van der Waals surface area contributed by atoms with Crippen LogP contribution in [0.25, 0.3) is 10.9 Å². The standard InChI is InChI=1S/C26H23NO2/c28-24-13-12-23-21(16-19-8-3-1-4-9-19)18-22(17-20-10-5-2-6-11-20)26-25(23)27(24)14-7-15-29-26/h1-6,8-13,18H,7,14-17H2. The highest BCUT2D eigenvalue weighted by Gasteiger charge is 2.20. The second-order valence-corrected chi connectivity index (χ2v) is 7.64. The van der Waals surface area contributed by atoms with Gasteiger partial charge in [0.05, 0.1) is 12.1 Å². The first-order valence-corrected chi connectivity index (χ1v) is 10.2. The Balaban J connectivity index is 1.74.